The summed E-state index contributed by atoms with van der Waals surface area (Å²) >= 11 is 0. The summed E-state index contributed by atoms with van der Waals surface area (Å²) in [4.78, 5) is 13.5. The van der Waals surface area contributed by atoms with Crippen molar-refractivity contribution in [2.75, 3.05) is 13.1 Å². The van der Waals surface area contributed by atoms with E-state index in [9.17, 15) is 8.42 Å². The van der Waals surface area contributed by atoms with Gasteiger partial charge in [0.15, 0.2) is 5.65 Å². The molecule has 0 bridgehead atoms. The highest BCUT2D eigenvalue weighted by molar-refractivity contribution is 7.89. The molecular formula is C20H25N5O2S. The molecule has 0 aliphatic carbocycles. The van der Waals surface area contributed by atoms with E-state index in [0.717, 1.165) is 36.4 Å². The molecule has 1 aliphatic heterocycles. The van der Waals surface area contributed by atoms with Crippen LogP contribution < -0.4 is 0 Å². The number of pyridine rings is 2. The van der Waals surface area contributed by atoms with Gasteiger partial charge in [0.05, 0.1) is 0 Å². The molecule has 1 unspecified atom stereocenters. The fraction of sp³-hybridized carbons (Fsp3) is 0.450. The first-order chi connectivity index (χ1) is 13.4. The van der Waals surface area contributed by atoms with E-state index in [-0.39, 0.29) is 10.8 Å². The smallest absolute Gasteiger partial charge is 0.244 e. The molecule has 1 fully saturated rings. The fourth-order valence-corrected chi connectivity index (χ4v) is 5.30. The Morgan fingerprint density at radius 3 is 2.79 bits per heavy atom. The van der Waals surface area contributed by atoms with Gasteiger partial charge in [-0.1, -0.05) is 13.8 Å². The van der Waals surface area contributed by atoms with Gasteiger partial charge < -0.3 is 4.57 Å². The second-order valence-electron chi connectivity index (χ2n) is 7.79. The summed E-state index contributed by atoms with van der Waals surface area (Å²) in [7, 11) is -3.49. The number of fused-ring (bicyclic) bond motifs is 1. The van der Waals surface area contributed by atoms with Crippen LogP contribution in [0, 0.1) is 11.8 Å². The predicted octanol–water partition coefficient (Wildman–Crippen LogP) is 2.74. The molecule has 4 heterocycles. The van der Waals surface area contributed by atoms with Crippen molar-refractivity contribution >= 4 is 21.2 Å². The van der Waals surface area contributed by atoms with Crippen molar-refractivity contribution in [1.82, 2.24) is 23.8 Å². The quantitative estimate of drug-likeness (QED) is 0.637. The van der Waals surface area contributed by atoms with Crippen LogP contribution in [0.25, 0.3) is 11.2 Å². The Kier molecular flexibility index (Phi) is 5.16. The average Bonchev–Trinajstić information content (AvgIpc) is 3.28. The summed E-state index contributed by atoms with van der Waals surface area (Å²) in [5.41, 5.74) is 1.81. The van der Waals surface area contributed by atoms with Crippen LogP contribution in [0.15, 0.2) is 47.8 Å². The summed E-state index contributed by atoms with van der Waals surface area (Å²) in [6.07, 6.45) is 6.37. The maximum atomic E-state index is 12.8. The number of nitrogens with zero attached hydrogens (tertiary/aromatic N) is 5. The Morgan fingerprint density at radius 2 is 2.04 bits per heavy atom. The number of rotatable bonds is 6. The van der Waals surface area contributed by atoms with Crippen molar-refractivity contribution < 1.29 is 8.42 Å². The Labute approximate surface area is 165 Å². The molecule has 8 heteroatoms. The third kappa shape index (κ3) is 3.66. The Bertz CT molecular complexity index is 1060. The van der Waals surface area contributed by atoms with Gasteiger partial charge in [-0.2, -0.15) is 4.31 Å². The first-order valence-corrected chi connectivity index (χ1v) is 11.1. The molecule has 0 radical (unpaired) electrons. The molecule has 1 aliphatic rings. The van der Waals surface area contributed by atoms with Crippen molar-refractivity contribution in [3.8, 4) is 0 Å². The average molecular weight is 400 g/mol. The first-order valence-electron chi connectivity index (χ1n) is 9.65. The highest BCUT2D eigenvalue weighted by Gasteiger charge is 2.33. The monoisotopic (exact) mass is 399 g/mol. The summed E-state index contributed by atoms with van der Waals surface area (Å²) in [6.45, 7) is 6.25. The van der Waals surface area contributed by atoms with Crippen LogP contribution in [0.3, 0.4) is 0 Å². The minimum absolute atomic E-state index is 0.245. The highest BCUT2D eigenvalue weighted by atomic mass is 32.2. The van der Waals surface area contributed by atoms with Gasteiger partial charge in [0, 0.05) is 44.6 Å². The lowest BCUT2D eigenvalue weighted by Crippen LogP contribution is -2.29. The zero-order chi connectivity index (χ0) is 19.7. The van der Waals surface area contributed by atoms with Crippen LogP contribution in [-0.4, -0.2) is 45.3 Å². The number of imidazole rings is 1. The van der Waals surface area contributed by atoms with E-state index in [4.69, 9.17) is 4.98 Å². The molecule has 28 heavy (non-hydrogen) atoms. The van der Waals surface area contributed by atoms with Crippen molar-refractivity contribution in [2.45, 2.75) is 38.1 Å². The van der Waals surface area contributed by atoms with Gasteiger partial charge in [-0.25, -0.2) is 18.4 Å². The normalized spacial score (nSPS) is 18.3. The van der Waals surface area contributed by atoms with E-state index in [1.807, 2.05) is 12.1 Å². The minimum atomic E-state index is -3.49. The lowest BCUT2D eigenvalue weighted by Gasteiger charge is -2.17. The van der Waals surface area contributed by atoms with Crippen LogP contribution in [-0.2, 0) is 23.0 Å². The molecule has 7 nitrogen and oxygen atoms in total. The van der Waals surface area contributed by atoms with Crippen molar-refractivity contribution in [2.24, 2.45) is 11.8 Å². The molecule has 4 rings (SSSR count). The van der Waals surface area contributed by atoms with Gasteiger partial charge in [-0.05, 0) is 42.5 Å². The van der Waals surface area contributed by atoms with Crippen LogP contribution in [0.2, 0.25) is 0 Å². The maximum absolute atomic E-state index is 12.8. The van der Waals surface area contributed by atoms with E-state index in [1.54, 1.807) is 28.8 Å². The number of hydrogen-bond acceptors (Lipinski definition) is 5. The summed E-state index contributed by atoms with van der Waals surface area (Å²) in [5, 5.41) is 0. The third-order valence-corrected chi connectivity index (χ3v) is 6.97. The largest absolute Gasteiger partial charge is 0.312 e. The van der Waals surface area contributed by atoms with Gasteiger partial charge in [0.25, 0.3) is 0 Å². The topological polar surface area (TPSA) is 81.0 Å². The summed E-state index contributed by atoms with van der Waals surface area (Å²) in [6, 6.07) is 7.14. The second-order valence-corrected chi connectivity index (χ2v) is 9.73. The van der Waals surface area contributed by atoms with Crippen LogP contribution >= 0.6 is 0 Å². The predicted molar refractivity (Wildman–Crippen MR) is 107 cm³/mol. The van der Waals surface area contributed by atoms with Gasteiger partial charge in [-0.3, -0.25) is 4.98 Å². The minimum Gasteiger partial charge on any atom is -0.312 e. The van der Waals surface area contributed by atoms with E-state index < -0.39 is 10.0 Å². The molecule has 0 saturated carbocycles. The first kappa shape index (κ1) is 19.0. The van der Waals surface area contributed by atoms with E-state index in [1.165, 1.54) is 6.20 Å². The Balaban J connectivity index is 1.55. The zero-order valence-corrected chi connectivity index (χ0v) is 17.0. The second kappa shape index (κ2) is 7.60. The maximum Gasteiger partial charge on any atom is 0.244 e. The van der Waals surface area contributed by atoms with Crippen LogP contribution in [0.4, 0.5) is 0 Å². The SMILES string of the molecule is CC(C)Cn1c(CC2CCN(S(=O)(=O)c3cccnc3)C2)nc2cccnc21. The highest BCUT2D eigenvalue weighted by Crippen LogP contribution is 2.27. The Morgan fingerprint density at radius 1 is 1.21 bits per heavy atom. The number of hydrogen-bond donors (Lipinski definition) is 0. The summed E-state index contributed by atoms with van der Waals surface area (Å²) in [5.74, 6) is 1.71. The van der Waals surface area contributed by atoms with Crippen molar-refractivity contribution in [1.29, 1.82) is 0 Å². The van der Waals surface area contributed by atoms with E-state index in [0.29, 0.717) is 19.0 Å². The molecular weight excluding hydrogens is 374 g/mol. The van der Waals surface area contributed by atoms with Crippen LogP contribution in [0.1, 0.15) is 26.1 Å². The zero-order valence-electron chi connectivity index (χ0n) is 16.2. The molecule has 0 N–H and O–H groups in total. The van der Waals surface area contributed by atoms with Crippen molar-refractivity contribution in [3.05, 3.63) is 48.7 Å². The molecule has 0 amide bonds. The van der Waals surface area contributed by atoms with Crippen LogP contribution in [0.5, 0.6) is 0 Å². The molecule has 1 saturated heterocycles. The van der Waals surface area contributed by atoms with Crippen molar-refractivity contribution in [3.63, 3.8) is 0 Å². The molecule has 148 valence electrons. The van der Waals surface area contributed by atoms with Gasteiger partial charge in [0.2, 0.25) is 10.0 Å². The molecule has 1 atom stereocenters. The lowest BCUT2D eigenvalue weighted by atomic mass is 10.0. The fourth-order valence-electron chi connectivity index (χ4n) is 3.81. The lowest BCUT2D eigenvalue weighted by molar-refractivity contribution is 0.444. The van der Waals surface area contributed by atoms with E-state index in [2.05, 4.69) is 28.4 Å². The molecule has 0 aromatic carbocycles. The molecule has 3 aromatic rings. The van der Waals surface area contributed by atoms with E-state index >= 15 is 0 Å². The molecule has 0 spiro atoms. The third-order valence-electron chi connectivity index (χ3n) is 5.12. The van der Waals surface area contributed by atoms with Gasteiger partial charge in [0.1, 0.15) is 16.2 Å². The van der Waals surface area contributed by atoms with Gasteiger partial charge >= 0.3 is 0 Å². The summed E-state index contributed by atoms with van der Waals surface area (Å²) < 4.78 is 29.4. The van der Waals surface area contributed by atoms with Gasteiger partial charge in [-0.15, -0.1) is 0 Å². The molecule has 3 aromatic heterocycles. The Hall–Kier alpha value is -2.32. The number of aromatic nitrogens is 4. The number of sulfonamides is 1. The standard InChI is InChI=1S/C20H25N5O2S/c1-15(2)13-25-19(23-18-6-4-9-22-20(18)25)11-16-7-10-24(14-16)28(26,27)17-5-3-8-21-12-17/h3-6,8-9,12,15-16H,7,10-11,13-14H2,1-2H3.